The average molecular weight is 226 g/mol. The lowest BCUT2D eigenvalue weighted by atomic mass is 10.3. The zero-order chi connectivity index (χ0) is 11.1. The molecule has 0 saturated heterocycles. The van der Waals surface area contributed by atoms with Crippen LogP contribution in [0, 0.1) is 5.41 Å². The molecule has 4 nitrogen and oxygen atoms in total. The van der Waals surface area contributed by atoms with E-state index in [1.165, 1.54) is 0 Å². The summed E-state index contributed by atoms with van der Waals surface area (Å²) in [4.78, 5) is 9.88. The predicted octanol–water partition coefficient (Wildman–Crippen LogP) is 1.40. The summed E-state index contributed by atoms with van der Waals surface area (Å²) in [7, 11) is 0. The third kappa shape index (κ3) is 4.46. The lowest BCUT2D eigenvalue weighted by molar-refractivity contribution is 0.371. The fourth-order valence-corrected chi connectivity index (χ4v) is 1.01. The van der Waals surface area contributed by atoms with Crippen molar-refractivity contribution >= 4 is 23.7 Å². The Balaban J connectivity index is 2.33. The number of nitrogens with one attached hydrogen (secondary N) is 2. The molecule has 0 fully saturated rings. The second-order valence-electron chi connectivity index (χ2n) is 2.72. The summed E-state index contributed by atoms with van der Waals surface area (Å²) in [5, 5.41) is 10.5. The summed E-state index contributed by atoms with van der Waals surface area (Å²) >= 11 is 5.69. The van der Waals surface area contributed by atoms with E-state index in [9.17, 15) is 4.79 Å². The van der Waals surface area contributed by atoms with Gasteiger partial charge in [-0.3, -0.25) is 10.2 Å². The van der Waals surface area contributed by atoms with Crippen molar-refractivity contribution in [3.8, 4) is 5.75 Å². The Morgan fingerprint density at radius 2 is 2.13 bits per heavy atom. The van der Waals surface area contributed by atoms with E-state index in [1.54, 1.807) is 30.6 Å². The maximum atomic E-state index is 9.88. The van der Waals surface area contributed by atoms with Gasteiger partial charge in [0.1, 0.15) is 18.2 Å². The Bertz CT molecular complexity index is 338. The molecule has 0 aliphatic carbocycles. The van der Waals surface area contributed by atoms with Crippen LogP contribution in [-0.2, 0) is 4.79 Å². The first kappa shape index (κ1) is 11.5. The van der Waals surface area contributed by atoms with Crippen LogP contribution < -0.4 is 10.1 Å². The van der Waals surface area contributed by atoms with Gasteiger partial charge < -0.3 is 10.1 Å². The number of hydrogen-bond donors (Lipinski definition) is 2. The molecule has 2 N–H and O–H groups in total. The lowest BCUT2D eigenvalue weighted by Gasteiger charge is -2.07. The molecule has 0 amide bonds. The summed E-state index contributed by atoms with van der Waals surface area (Å²) in [5.74, 6) is 0.759. The first-order valence-electron chi connectivity index (χ1n) is 4.27. The maximum Gasteiger partial charge on any atom is 0.219 e. The van der Waals surface area contributed by atoms with Gasteiger partial charge in [-0.2, -0.15) is 0 Å². The number of rotatable bonds is 5. The molecule has 15 heavy (non-hydrogen) atoms. The molecular weight excluding hydrogens is 216 g/mol. The molecule has 0 aliphatic heterocycles. The van der Waals surface area contributed by atoms with Crippen molar-refractivity contribution < 1.29 is 9.53 Å². The highest BCUT2D eigenvalue weighted by atomic mass is 35.5. The Morgan fingerprint density at radius 3 is 2.73 bits per heavy atom. The van der Waals surface area contributed by atoms with Gasteiger partial charge in [-0.25, -0.2) is 0 Å². The molecule has 0 aliphatic rings. The molecule has 1 aromatic carbocycles. The largest absolute Gasteiger partial charge is 0.486 e. The van der Waals surface area contributed by atoms with Crippen molar-refractivity contribution in [2.45, 2.75) is 0 Å². The smallest absolute Gasteiger partial charge is 0.219 e. The van der Waals surface area contributed by atoms with Crippen LogP contribution in [0.2, 0.25) is 5.02 Å². The summed E-state index contributed by atoms with van der Waals surface area (Å²) in [6.07, 6.45) is 1.63. The summed E-state index contributed by atoms with van der Waals surface area (Å²) in [5.41, 5.74) is 0. The highest BCUT2D eigenvalue weighted by molar-refractivity contribution is 6.30. The zero-order valence-electron chi connectivity index (χ0n) is 7.92. The number of ether oxygens (including phenoxy) is 1. The van der Waals surface area contributed by atoms with Crippen LogP contribution in [0.5, 0.6) is 5.75 Å². The van der Waals surface area contributed by atoms with E-state index >= 15 is 0 Å². The summed E-state index contributed by atoms with van der Waals surface area (Å²) in [6, 6.07) is 6.82. The average Bonchev–Trinajstić information content (AvgIpc) is 2.25. The zero-order valence-corrected chi connectivity index (χ0v) is 8.67. The number of carbonyl (C=O) groups excluding carboxylic acids is 1. The minimum Gasteiger partial charge on any atom is -0.486 e. The van der Waals surface area contributed by atoms with Gasteiger partial charge in [-0.15, -0.1) is 0 Å². The van der Waals surface area contributed by atoms with E-state index in [0.717, 1.165) is 0 Å². The van der Waals surface area contributed by atoms with Gasteiger partial charge in [-0.1, -0.05) is 11.6 Å². The third-order valence-corrected chi connectivity index (χ3v) is 1.82. The summed E-state index contributed by atoms with van der Waals surface area (Å²) in [6.45, 7) is 0.0894. The van der Waals surface area contributed by atoms with Crippen molar-refractivity contribution in [2.75, 3.05) is 13.2 Å². The van der Waals surface area contributed by atoms with Crippen LogP contribution in [0.15, 0.2) is 24.3 Å². The van der Waals surface area contributed by atoms with Crippen LogP contribution in [0.3, 0.4) is 0 Å². The third-order valence-electron chi connectivity index (χ3n) is 1.57. The van der Waals surface area contributed by atoms with Crippen molar-refractivity contribution in [1.82, 2.24) is 5.32 Å². The van der Waals surface area contributed by atoms with Gasteiger partial charge in [0.25, 0.3) is 0 Å². The Morgan fingerprint density at radius 1 is 1.47 bits per heavy atom. The second kappa shape index (κ2) is 6.03. The van der Waals surface area contributed by atoms with E-state index in [-0.39, 0.29) is 19.0 Å². The first-order valence-corrected chi connectivity index (χ1v) is 4.65. The van der Waals surface area contributed by atoms with E-state index in [0.29, 0.717) is 10.8 Å². The number of halogens is 1. The Labute approximate surface area is 92.7 Å². The number of amidine groups is 1. The SMILES string of the molecule is N=C(COc1ccc(Cl)cc1)NC[C]=O. The van der Waals surface area contributed by atoms with E-state index in [2.05, 4.69) is 5.32 Å². The predicted molar refractivity (Wildman–Crippen MR) is 58.4 cm³/mol. The molecule has 0 aromatic heterocycles. The molecule has 0 bridgehead atoms. The van der Waals surface area contributed by atoms with E-state index < -0.39 is 0 Å². The van der Waals surface area contributed by atoms with Crippen molar-refractivity contribution in [2.24, 2.45) is 0 Å². The van der Waals surface area contributed by atoms with Gasteiger partial charge in [0, 0.05) is 5.02 Å². The van der Waals surface area contributed by atoms with E-state index in [4.69, 9.17) is 21.7 Å². The maximum absolute atomic E-state index is 9.88. The van der Waals surface area contributed by atoms with Gasteiger partial charge in [-0.05, 0) is 24.3 Å². The standard InChI is InChI=1S/C10H10ClN2O2/c11-8-1-3-9(4-2-8)15-7-10(12)13-5-6-14/h1-4H,5,7H2,(H2,12,13). The van der Waals surface area contributed by atoms with Crippen molar-refractivity contribution in [1.29, 1.82) is 5.41 Å². The lowest BCUT2D eigenvalue weighted by Crippen LogP contribution is -2.29. The Kier molecular flexibility index (Phi) is 4.63. The molecule has 1 radical (unpaired) electrons. The topological polar surface area (TPSA) is 62.2 Å². The van der Waals surface area contributed by atoms with Crippen molar-refractivity contribution in [3.63, 3.8) is 0 Å². The van der Waals surface area contributed by atoms with Gasteiger partial charge in [0.15, 0.2) is 0 Å². The molecule has 5 heteroatoms. The molecule has 0 spiro atoms. The van der Waals surface area contributed by atoms with Crippen LogP contribution in [0.25, 0.3) is 0 Å². The normalized spacial score (nSPS) is 9.40. The molecular formula is C10H10ClN2O2. The van der Waals surface area contributed by atoms with Crippen LogP contribution in [0.1, 0.15) is 0 Å². The van der Waals surface area contributed by atoms with E-state index in [1.807, 2.05) is 0 Å². The number of hydrogen-bond acceptors (Lipinski definition) is 3. The van der Waals surface area contributed by atoms with Crippen LogP contribution in [0.4, 0.5) is 0 Å². The van der Waals surface area contributed by atoms with Crippen LogP contribution >= 0.6 is 11.6 Å². The molecule has 79 valence electrons. The fourth-order valence-electron chi connectivity index (χ4n) is 0.880. The second-order valence-corrected chi connectivity index (χ2v) is 3.16. The van der Waals surface area contributed by atoms with Gasteiger partial charge in [0.05, 0.1) is 6.54 Å². The fraction of sp³-hybridized carbons (Fsp3) is 0.200. The molecule has 0 unspecified atom stereocenters. The monoisotopic (exact) mass is 225 g/mol. The minimum absolute atomic E-state index is 0.00279. The first-order chi connectivity index (χ1) is 7.22. The molecule has 0 atom stereocenters. The quantitative estimate of drug-likeness (QED) is 0.588. The molecule has 0 heterocycles. The van der Waals surface area contributed by atoms with Gasteiger partial charge in [0.2, 0.25) is 6.29 Å². The Hall–Kier alpha value is -1.55. The molecule has 1 rings (SSSR count). The highest BCUT2D eigenvalue weighted by Gasteiger charge is 1.97. The summed E-state index contributed by atoms with van der Waals surface area (Å²) < 4.78 is 5.24. The van der Waals surface area contributed by atoms with Gasteiger partial charge >= 0.3 is 0 Å². The molecule has 0 saturated carbocycles. The minimum atomic E-state index is 0.00279. The number of benzene rings is 1. The highest BCUT2D eigenvalue weighted by Crippen LogP contribution is 2.15. The van der Waals surface area contributed by atoms with Crippen molar-refractivity contribution in [3.05, 3.63) is 29.3 Å². The van der Waals surface area contributed by atoms with Crippen LogP contribution in [-0.4, -0.2) is 25.3 Å². The molecule has 1 aromatic rings.